The van der Waals surface area contributed by atoms with E-state index in [0.29, 0.717) is 28.9 Å². The highest BCUT2D eigenvalue weighted by atomic mass is 35.5. The quantitative estimate of drug-likeness (QED) is 0.531. The number of amides is 2. The van der Waals surface area contributed by atoms with Gasteiger partial charge in [0, 0.05) is 23.3 Å². The van der Waals surface area contributed by atoms with Gasteiger partial charge in [-0.15, -0.1) is 0 Å². The summed E-state index contributed by atoms with van der Waals surface area (Å²) < 4.78 is 6.08. The number of hydrogen-bond acceptors (Lipinski definition) is 3. The number of pyridine rings is 1. The number of carbonyl (C=O) groups excluding carboxylic acids is 1. The summed E-state index contributed by atoms with van der Waals surface area (Å²) in [6.45, 7) is 6.67. The van der Waals surface area contributed by atoms with Crippen molar-refractivity contribution in [2.24, 2.45) is 0 Å². The van der Waals surface area contributed by atoms with Crippen LogP contribution in [0.3, 0.4) is 0 Å². The molecule has 3 rings (SSSR count). The van der Waals surface area contributed by atoms with E-state index in [1.54, 1.807) is 24.4 Å². The average molecular weight is 410 g/mol. The number of nitrogens with zero attached hydrogens (tertiary/aromatic N) is 1. The van der Waals surface area contributed by atoms with Crippen LogP contribution in [0.15, 0.2) is 66.9 Å². The maximum Gasteiger partial charge on any atom is 0.319 e. The van der Waals surface area contributed by atoms with Crippen molar-refractivity contribution in [1.82, 2.24) is 10.3 Å². The molecule has 0 fully saturated rings. The Morgan fingerprint density at radius 3 is 2.52 bits per heavy atom. The number of halogens is 1. The summed E-state index contributed by atoms with van der Waals surface area (Å²) in [6.07, 6.45) is 1.63. The van der Waals surface area contributed by atoms with Crippen molar-refractivity contribution in [2.75, 3.05) is 5.32 Å². The molecule has 0 aliphatic heterocycles. The maximum atomic E-state index is 12.4. The molecule has 3 aromatic rings. The van der Waals surface area contributed by atoms with Gasteiger partial charge in [-0.2, -0.15) is 0 Å². The number of para-hydroxylation sites is 1. The third kappa shape index (κ3) is 5.48. The molecule has 2 N–H and O–H groups in total. The molecule has 29 heavy (non-hydrogen) atoms. The summed E-state index contributed by atoms with van der Waals surface area (Å²) in [7, 11) is 0. The molecule has 0 saturated carbocycles. The second-order valence-corrected chi connectivity index (χ2v) is 8.01. The molecule has 2 aromatic carbocycles. The fourth-order valence-electron chi connectivity index (χ4n) is 2.83. The molecule has 0 spiro atoms. The topological polar surface area (TPSA) is 63.2 Å². The molecule has 0 aliphatic carbocycles. The monoisotopic (exact) mass is 409 g/mol. The number of benzene rings is 2. The van der Waals surface area contributed by atoms with Gasteiger partial charge in [0.25, 0.3) is 0 Å². The van der Waals surface area contributed by atoms with Crippen molar-refractivity contribution in [2.45, 2.75) is 32.7 Å². The van der Waals surface area contributed by atoms with Crippen molar-refractivity contribution in [3.8, 4) is 11.6 Å². The van der Waals surface area contributed by atoms with E-state index in [0.717, 1.165) is 11.1 Å². The van der Waals surface area contributed by atoms with Gasteiger partial charge in [0.1, 0.15) is 11.4 Å². The van der Waals surface area contributed by atoms with Crippen LogP contribution in [0.2, 0.25) is 5.02 Å². The van der Waals surface area contributed by atoms with Crippen molar-refractivity contribution in [1.29, 1.82) is 0 Å². The van der Waals surface area contributed by atoms with E-state index in [1.807, 2.05) is 42.5 Å². The number of aromatic nitrogens is 1. The highest BCUT2D eigenvalue weighted by Crippen LogP contribution is 2.35. The number of hydrogen-bond donors (Lipinski definition) is 2. The van der Waals surface area contributed by atoms with E-state index in [2.05, 4.69) is 36.4 Å². The van der Waals surface area contributed by atoms with Crippen LogP contribution in [-0.4, -0.2) is 11.0 Å². The van der Waals surface area contributed by atoms with Crippen LogP contribution in [0.1, 0.15) is 31.9 Å². The van der Waals surface area contributed by atoms with Crippen LogP contribution in [0, 0.1) is 0 Å². The lowest BCUT2D eigenvalue weighted by Crippen LogP contribution is -2.28. The van der Waals surface area contributed by atoms with Crippen LogP contribution in [-0.2, 0) is 12.0 Å². The zero-order valence-electron chi connectivity index (χ0n) is 16.7. The summed E-state index contributed by atoms with van der Waals surface area (Å²) in [5, 5.41) is 6.20. The van der Waals surface area contributed by atoms with Crippen LogP contribution >= 0.6 is 11.6 Å². The van der Waals surface area contributed by atoms with E-state index < -0.39 is 0 Å². The fourth-order valence-corrected chi connectivity index (χ4v) is 3.03. The van der Waals surface area contributed by atoms with E-state index >= 15 is 0 Å². The summed E-state index contributed by atoms with van der Waals surface area (Å²) in [5.41, 5.74) is 2.28. The maximum absolute atomic E-state index is 12.4. The van der Waals surface area contributed by atoms with Gasteiger partial charge in [-0.3, -0.25) is 0 Å². The molecule has 5 nitrogen and oxygen atoms in total. The van der Waals surface area contributed by atoms with Crippen LogP contribution in [0.5, 0.6) is 11.6 Å². The standard InChI is InChI=1S/C23H24ClN3O2/c1-23(2,3)17-10-5-7-13-20(17)29-21-19(12-8-14-25-21)27-22(28)26-15-16-9-4-6-11-18(16)24/h4-14H,15H2,1-3H3,(H2,26,27,28). The second kappa shape index (κ2) is 8.97. The highest BCUT2D eigenvalue weighted by molar-refractivity contribution is 6.31. The molecule has 0 bridgehead atoms. The van der Waals surface area contributed by atoms with E-state index in [-0.39, 0.29) is 11.4 Å². The lowest BCUT2D eigenvalue weighted by molar-refractivity contribution is 0.251. The predicted molar refractivity (Wildman–Crippen MR) is 117 cm³/mol. The third-order valence-corrected chi connectivity index (χ3v) is 4.69. The van der Waals surface area contributed by atoms with Crippen LogP contribution in [0.25, 0.3) is 0 Å². The van der Waals surface area contributed by atoms with Gasteiger partial charge in [0.15, 0.2) is 0 Å². The van der Waals surface area contributed by atoms with Gasteiger partial charge in [-0.1, -0.05) is 68.8 Å². The number of ether oxygens (including phenoxy) is 1. The van der Waals surface area contributed by atoms with Crippen molar-refractivity contribution < 1.29 is 9.53 Å². The second-order valence-electron chi connectivity index (χ2n) is 7.60. The molecular weight excluding hydrogens is 386 g/mol. The minimum Gasteiger partial charge on any atom is -0.437 e. The Morgan fingerprint density at radius 1 is 1.03 bits per heavy atom. The highest BCUT2D eigenvalue weighted by Gasteiger charge is 2.20. The predicted octanol–water partition coefficient (Wildman–Crippen LogP) is 6.15. The van der Waals surface area contributed by atoms with Crippen LogP contribution in [0.4, 0.5) is 10.5 Å². The lowest BCUT2D eigenvalue weighted by Gasteiger charge is -2.22. The SMILES string of the molecule is CC(C)(C)c1ccccc1Oc1ncccc1NC(=O)NCc1ccccc1Cl. The number of urea groups is 1. The van der Waals surface area contributed by atoms with E-state index in [9.17, 15) is 4.79 Å². The largest absolute Gasteiger partial charge is 0.437 e. The first-order valence-corrected chi connectivity index (χ1v) is 9.73. The van der Waals surface area contributed by atoms with Crippen molar-refractivity contribution in [3.05, 3.63) is 83.0 Å². The van der Waals surface area contributed by atoms with Crippen LogP contribution < -0.4 is 15.4 Å². The first-order valence-electron chi connectivity index (χ1n) is 9.35. The average Bonchev–Trinajstić information content (AvgIpc) is 2.68. The summed E-state index contributed by atoms with van der Waals surface area (Å²) in [4.78, 5) is 16.7. The molecule has 6 heteroatoms. The zero-order valence-corrected chi connectivity index (χ0v) is 17.5. The molecule has 0 radical (unpaired) electrons. The van der Waals surface area contributed by atoms with E-state index in [4.69, 9.17) is 16.3 Å². The Hall–Kier alpha value is -3.05. The Bertz CT molecular complexity index is 999. The molecule has 2 amide bonds. The van der Waals surface area contributed by atoms with Gasteiger partial charge in [0.2, 0.25) is 5.88 Å². The van der Waals surface area contributed by atoms with Gasteiger partial charge in [0.05, 0.1) is 0 Å². The molecule has 0 atom stereocenters. The van der Waals surface area contributed by atoms with Crippen molar-refractivity contribution in [3.63, 3.8) is 0 Å². The molecule has 0 unspecified atom stereocenters. The number of carbonyl (C=O) groups is 1. The minimum absolute atomic E-state index is 0.0920. The summed E-state index contributed by atoms with van der Waals surface area (Å²) in [5.74, 6) is 1.04. The number of anilines is 1. The normalized spacial score (nSPS) is 11.0. The van der Waals surface area contributed by atoms with Crippen molar-refractivity contribution >= 4 is 23.3 Å². The summed E-state index contributed by atoms with van der Waals surface area (Å²) >= 11 is 6.13. The molecule has 1 aromatic heterocycles. The molecular formula is C23H24ClN3O2. The van der Waals surface area contributed by atoms with Gasteiger partial charge in [-0.05, 0) is 35.2 Å². The number of rotatable bonds is 5. The Balaban J connectivity index is 1.73. The molecule has 0 aliphatic rings. The lowest BCUT2D eigenvalue weighted by atomic mass is 9.86. The smallest absolute Gasteiger partial charge is 0.319 e. The Kier molecular flexibility index (Phi) is 6.39. The first-order chi connectivity index (χ1) is 13.8. The molecule has 1 heterocycles. The van der Waals surface area contributed by atoms with Gasteiger partial charge < -0.3 is 15.4 Å². The zero-order chi connectivity index (χ0) is 20.9. The van der Waals surface area contributed by atoms with Gasteiger partial charge >= 0.3 is 6.03 Å². The fraction of sp³-hybridized carbons (Fsp3) is 0.217. The first kappa shape index (κ1) is 20.7. The number of nitrogens with one attached hydrogen (secondary N) is 2. The Morgan fingerprint density at radius 2 is 1.76 bits per heavy atom. The third-order valence-electron chi connectivity index (χ3n) is 4.32. The molecule has 0 saturated heterocycles. The molecule has 150 valence electrons. The minimum atomic E-state index is -0.369. The summed E-state index contributed by atoms with van der Waals surface area (Å²) in [6, 6.07) is 18.3. The van der Waals surface area contributed by atoms with Gasteiger partial charge in [-0.25, -0.2) is 9.78 Å². The Labute approximate surface area is 176 Å². The van der Waals surface area contributed by atoms with E-state index in [1.165, 1.54) is 0 Å².